The van der Waals surface area contributed by atoms with Crippen LogP contribution in [0.5, 0.6) is 0 Å². The Bertz CT molecular complexity index is 562. The van der Waals surface area contributed by atoms with Crippen molar-refractivity contribution in [3.8, 4) is 5.82 Å². The third kappa shape index (κ3) is 1.62. The van der Waals surface area contributed by atoms with Gasteiger partial charge < -0.3 is 5.73 Å². The van der Waals surface area contributed by atoms with Gasteiger partial charge in [0.25, 0.3) is 0 Å². The first kappa shape index (κ1) is 11.7. The average Bonchev–Trinajstić information content (AvgIpc) is 2.71. The van der Waals surface area contributed by atoms with Crippen LogP contribution in [-0.4, -0.2) is 19.6 Å². The van der Waals surface area contributed by atoms with Crippen LogP contribution >= 0.6 is 0 Å². The number of nitrogens with two attached hydrogens (primary N) is 1. The highest BCUT2D eigenvalue weighted by Crippen LogP contribution is 2.24. The molecule has 5 heteroatoms. The largest absolute Gasteiger partial charge is 0.394 e. The third-order valence-electron chi connectivity index (χ3n) is 3.32. The normalized spacial score (nSPS) is 11.1. The summed E-state index contributed by atoms with van der Waals surface area (Å²) >= 11 is 0. The van der Waals surface area contributed by atoms with Crippen molar-refractivity contribution in [3.63, 3.8) is 0 Å². The molecule has 0 saturated carbocycles. The highest BCUT2D eigenvalue weighted by molar-refractivity contribution is 5.58. The van der Waals surface area contributed by atoms with Gasteiger partial charge in [0.15, 0.2) is 5.82 Å². The van der Waals surface area contributed by atoms with Gasteiger partial charge in [0.1, 0.15) is 5.69 Å². The van der Waals surface area contributed by atoms with E-state index in [9.17, 15) is 0 Å². The number of nitrogen functional groups attached to an aromatic ring is 1. The van der Waals surface area contributed by atoms with Crippen LogP contribution in [0.15, 0.2) is 0 Å². The molecular weight excluding hydrogens is 214 g/mol. The molecule has 5 nitrogen and oxygen atoms in total. The molecule has 0 aliphatic rings. The molecule has 0 aliphatic heterocycles. The summed E-state index contributed by atoms with van der Waals surface area (Å²) in [5.74, 6) is 0.857. The van der Waals surface area contributed by atoms with Crippen molar-refractivity contribution in [1.29, 1.82) is 0 Å². The molecule has 0 spiro atoms. The molecule has 17 heavy (non-hydrogen) atoms. The van der Waals surface area contributed by atoms with Crippen LogP contribution in [0.2, 0.25) is 0 Å². The van der Waals surface area contributed by atoms with Crippen molar-refractivity contribution in [2.75, 3.05) is 5.73 Å². The van der Waals surface area contributed by atoms with Gasteiger partial charge in [0.05, 0.1) is 11.4 Å². The molecule has 0 amide bonds. The molecule has 0 saturated heterocycles. The first-order valence-corrected chi connectivity index (χ1v) is 5.81. The Hall–Kier alpha value is -1.78. The Labute approximate surface area is 101 Å². The summed E-state index contributed by atoms with van der Waals surface area (Å²) in [5, 5.41) is 8.94. The summed E-state index contributed by atoms with van der Waals surface area (Å²) in [5.41, 5.74) is 11.1. The number of nitrogens with zero attached hydrogens (tertiary/aromatic N) is 4. The summed E-state index contributed by atoms with van der Waals surface area (Å²) in [6, 6.07) is 0. The predicted molar refractivity (Wildman–Crippen MR) is 68.3 cm³/mol. The van der Waals surface area contributed by atoms with Gasteiger partial charge in [-0.1, -0.05) is 6.92 Å². The number of anilines is 1. The van der Waals surface area contributed by atoms with E-state index in [1.165, 1.54) is 5.56 Å². The van der Waals surface area contributed by atoms with Gasteiger partial charge in [-0.05, 0) is 32.8 Å². The number of hydrogen-bond acceptors (Lipinski definition) is 3. The molecule has 2 N–H and O–H groups in total. The molecule has 2 aromatic heterocycles. The van der Waals surface area contributed by atoms with E-state index >= 15 is 0 Å². The van der Waals surface area contributed by atoms with E-state index in [2.05, 4.69) is 24.0 Å². The van der Waals surface area contributed by atoms with Crippen LogP contribution in [-0.2, 0) is 13.5 Å². The van der Waals surface area contributed by atoms with Crippen molar-refractivity contribution in [2.24, 2.45) is 7.05 Å². The second kappa shape index (κ2) is 3.91. The summed E-state index contributed by atoms with van der Waals surface area (Å²) in [7, 11) is 1.90. The van der Waals surface area contributed by atoms with Crippen LogP contribution < -0.4 is 5.73 Å². The van der Waals surface area contributed by atoms with Gasteiger partial charge in [-0.25, -0.2) is 9.36 Å². The Balaban J connectivity index is 2.68. The second-order valence-corrected chi connectivity index (χ2v) is 4.37. The molecule has 0 unspecified atom stereocenters. The lowest BCUT2D eigenvalue weighted by atomic mass is 10.2. The van der Waals surface area contributed by atoms with Crippen molar-refractivity contribution in [2.45, 2.75) is 34.1 Å². The standard InChI is InChI=1S/C12H19N5/c1-6-10-11(13)12(16(5)15-10)17-9(4)7(2)8(3)14-17/h6,13H2,1-5H3. The smallest absolute Gasteiger partial charge is 0.175 e. The quantitative estimate of drug-likeness (QED) is 0.858. The number of aromatic nitrogens is 4. The lowest BCUT2D eigenvalue weighted by molar-refractivity contribution is 0.679. The molecule has 0 fully saturated rings. The Morgan fingerprint density at radius 1 is 1.18 bits per heavy atom. The summed E-state index contributed by atoms with van der Waals surface area (Å²) < 4.78 is 3.68. The molecule has 0 radical (unpaired) electrons. The van der Waals surface area contributed by atoms with Crippen LogP contribution in [0.25, 0.3) is 5.82 Å². The number of rotatable bonds is 2. The maximum Gasteiger partial charge on any atom is 0.175 e. The third-order valence-corrected chi connectivity index (χ3v) is 3.32. The minimum absolute atomic E-state index is 0.723. The topological polar surface area (TPSA) is 61.7 Å². The fourth-order valence-electron chi connectivity index (χ4n) is 2.02. The van der Waals surface area contributed by atoms with E-state index < -0.39 is 0 Å². The molecule has 0 aromatic carbocycles. The van der Waals surface area contributed by atoms with Crippen LogP contribution in [0.4, 0.5) is 5.69 Å². The van der Waals surface area contributed by atoms with Crippen LogP contribution in [0, 0.1) is 20.8 Å². The van der Waals surface area contributed by atoms with E-state index in [0.29, 0.717) is 0 Å². The van der Waals surface area contributed by atoms with E-state index in [1.54, 1.807) is 4.68 Å². The molecule has 2 heterocycles. The minimum Gasteiger partial charge on any atom is -0.394 e. The zero-order valence-electron chi connectivity index (χ0n) is 11.1. The average molecular weight is 233 g/mol. The highest BCUT2D eigenvalue weighted by atomic mass is 15.4. The first-order valence-electron chi connectivity index (χ1n) is 5.81. The summed E-state index contributed by atoms with van der Waals surface area (Å²) in [6.07, 6.45) is 0.831. The maximum atomic E-state index is 6.13. The van der Waals surface area contributed by atoms with E-state index in [0.717, 1.165) is 35.0 Å². The molecule has 0 atom stereocenters. The molecular formula is C12H19N5. The van der Waals surface area contributed by atoms with E-state index in [-0.39, 0.29) is 0 Å². The number of hydrogen-bond donors (Lipinski definition) is 1. The molecule has 92 valence electrons. The summed E-state index contributed by atoms with van der Waals surface area (Å²) in [4.78, 5) is 0. The molecule has 0 aliphatic carbocycles. The van der Waals surface area contributed by atoms with Gasteiger partial charge in [-0.2, -0.15) is 10.2 Å². The van der Waals surface area contributed by atoms with Crippen LogP contribution in [0.3, 0.4) is 0 Å². The molecule has 2 aromatic rings. The maximum absolute atomic E-state index is 6.13. The molecule has 0 bridgehead atoms. The van der Waals surface area contributed by atoms with E-state index in [4.69, 9.17) is 5.73 Å². The Morgan fingerprint density at radius 3 is 2.24 bits per heavy atom. The van der Waals surface area contributed by atoms with Gasteiger partial charge in [0.2, 0.25) is 0 Å². The zero-order valence-corrected chi connectivity index (χ0v) is 11.1. The Kier molecular flexibility index (Phi) is 2.69. The number of aryl methyl sites for hydroxylation is 3. The van der Waals surface area contributed by atoms with Crippen molar-refractivity contribution < 1.29 is 0 Å². The first-order chi connectivity index (χ1) is 7.97. The van der Waals surface area contributed by atoms with Crippen molar-refractivity contribution >= 4 is 5.69 Å². The lowest BCUT2D eigenvalue weighted by Gasteiger charge is -2.06. The fourth-order valence-corrected chi connectivity index (χ4v) is 2.02. The van der Waals surface area contributed by atoms with Crippen molar-refractivity contribution in [3.05, 3.63) is 22.6 Å². The SMILES string of the molecule is CCc1nn(C)c(-n2nc(C)c(C)c2C)c1N. The van der Waals surface area contributed by atoms with E-state index in [1.807, 2.05) is 25.6 Å². The van der Waals surface area contributed by atoms with Gasteiger partial charge in [-0.3, -0.25) is 0 Å². The van der Waals surface area contributed by atoms with Gasteiger partial charge >= 0.3 is 0 Å². The monoisotopic (exact) mass is 233 g/mol. The second-order valence-electron chi connectivity index (χ2n) is 4.37. The molecule has 2 rings (SSSR count). The highest BCUT2D eigenvalue weighted by Gasteiger charge is 2.17. The van der Waals surface area contributed by atoms with Gasteiger partial charge in [0, 0.05) is 12.7 Å². The van der Waals surface area contributed by atoms with Crippen molar-refractivity contribution in [1.82, 2.24) is 19.6 Å². The van der Waals surface area contributed by atoms with Gasteiger partial charge in [-0.15, -0.1) is 0 Å². The summed E-state index contributed by atoms with van der Waals surface area (Å²) in [6.45, 7) is 8.18. The predicted octanol–water partition coefficient (Wildman–Crippen LogP) is 1.68. The van der Waals surface area contributed by atoms with Crippen LogP contribution in [0.1, 0.15) is 29.6 Å². The Morgan fingerprint density at radius 2 is 1.82 bits per heavy atom. The fraction of sp³-hybridized carbons (Fsp3) is 0.500. The minimum atomic E-state index is 0.723. The zero-order chi connectivity index (χ0) is 12.7. The lowest BCUT2D eigenvalue weighted by Crippen LogP contribution is -2.08.